The van der Waals surface area contributed by atoms with Crippen LogP contribution >= 0.6 is 11.6 Å². The van der Waals surface area contributed by atoms with E-state index in [4.69, 9.17) is 16.3 Å². The second kappa shape index (κ2) is 6.95. The van der Waals surface area contributed by atoms with Crippen molar-refractivity contribution in [2.75, 3.05) is 7.11 Å². The molecule has 0 unspecified atom stereocenters. The van der Waals surface area contributed by atoms with Gasteiger partial charge in [0.1, 0.15) is 5.75 Å². The van der Waals surface area contributed by atoms with Crippen LogP contribution in [0.1, 0.15) is 55.3 Å². The van der Waals surface area contributed by atoms with Crippen molar-refractivity contribution in [2.45, 2.75) is 44.9 Å². The predicted octanol–water partition coefficient (Wildman–Crippen LogP) is 4.89. The van der Waals surface area contributed by atoms with Crippen molar-refractivity contribution in [1.82, 2.24) is 0 Å². The van der Waals surface area contributed by atoms with Crippen LogP contribution in [0.25, 0.3) is 0 Å². The highest BCUT2D eigenvalue weighted by atomic mass is 35.5. The van der Waals surface area contributed by atoms with E-state index in [2.05, 4.69) is 0 Å². The molecule has 2 nitrogen and oxygen atoms in total. The van der Waals surface area contributed by atoms with Gasteiger partial charge in [0.05, 0.1) is 12.7 Å². The standard InChI is InChI=1S/C16H21ClO2/c1-19-16-9-8-13(17)11-14(16)15(18)10-12-6-4-2-3-5-7-12/h8-9,11-12H,2-7,10H2,1H3. The smallest absolute Gasteiger partial charge is 0.166 e. The van der Waals surface area contributed by atoms with Gasteiger partial charge in [-0.25, -0.2) is 0 Å². The van der Waals surface area contributed by atoms with Crippen LogP contribution in [-0.4, -0.2) is 12.9 Å². The summed E-state index contributed by atoms with van der Waals surface area (Å²) in [5, 5.41) is 0.588. The number of halogens is 1. The molecule has 0 aliphatic heterocycles. The average molecular weight is 281 g/mol. The molecule has 1 aliphatic rings. The molecule has 1 saturated carbocycles. The van der Waals surface area contributed by atoms with Crippen molar-refractivity contribution in [1.29, 1.82) is 0 Å². The summed E-state index contributed by atoms with van der Waals surface area (Å²) in [6.07, 6.45) is 8.10. The lowest BCUT2D eigenvalue weighted by Gasteiger charge is -2.14. The first kappa shape index (κ1) is 14.4. The number of benzene rings is 1. The molecule has 0 spiro atoms. The molecule has 2 rings (SSSR count). The number of ether oxygens (including phenoxy) is 1. The van der Waals surface area contributed by atoms with Gasteiger partial charge in [-0.2, -0.15) is 0 Å². The molecule has 0 amide bonds. The third-order valence-electron chi connectivity index (χ3n) is 3.91. The summed E-state index contributed by atoms with van der Waals surface area (Å²) < 4.78 is 5.26. The van der Waals surface area contributed by atoms with Crippen LogP contribution in [0.2, 0.25) is 5.02 Å². The Hall–Kier alpha value is -1.02. The molecule has 0 heterocycles. The Bertz CT molecular complexity index is 434. The highest BCUT2D eigenvalue weighted by Gasteiger charge is 2.19. The van der Waals surface area contributed by atoms with E-state index < -0.39 is 0 Å². The number of Topliss-reactive ketones (excluding diaryl/α,β-unsaturated/α-hetero) is 1. The van der Waals surface area contributed by atoms with Gasteiger partial charge in [-0.05, 0) is 24.1 Å². The molecule has 3 heteroatoms. The first-order valence-electron chi connectivity index (χ1n) is 7.07. The molecular formula is C16H21ClO2. The fraction of sp³-hybridized carbons (Fsp3) is 0.562. The Morgan fingerprint density at radius 3 is 2.58 bits per heavy atom. The van der Waals surface area contributed by atoms with Gasteiger partial charge in [-0.3, -0.25) is 4.79 Å². The van der Waals surface area contributed by atoms with Gasteiger partial charge in [0, 0.05) is 11.4 Å². The van der Waals surface area contributed by atoms with Gasteiger partial charge in [0.25, 0.3) is 0 Å². The van der Waals surface area contributed by atoms with Crippen molar-refractivity contribution in [2.24, 2.45) is 5.92 Å². The van der Waals surface area contributed by atoms with Gasteiger partial charge in [-0.15, -0.1) is 0 Å². The van der Waals surface area contributed by atoms with E-state index in [1.165, 1.54) is 38.5 Å². The van der Waals surface area contributed by atoms with Crippen molar-refractivity contribution >= 4 is 17.4 Å². The number of methoxy groups -OCH3 is 1. The summed E-state index contributed by atoms with van der Waals surface area (Å²) >= 11 is 5.98. The van der Waals surface area contributed by atoms with Crippen LogP contribution in [0.15, 0.2) is 18.2 Å². The Morgan fingerprint density at radius 2 is 1.95 bits per heavy atom. The summed E-state index contributed by atoms with van der Waals surface area (Å²) in [7, 11) is 1.59. The van der Waals surface area contributed by atoms with Crippen LogP contribution in [0.5, 0.6) is 5.75 Å². The summed E-state index contributed by atoms with van der Waals surface area (Å²) in [4.78, 5) is 12.4. The lowest BCUT2D eigenvalue weighted by Crippen LogP contribution is -2.09. The molecule has 0 radical (unpaired) electrons. The van der Waals surface area contributed by atoms with E-state index in [0.717, 1.165) is 0 Å². The number of hydrogen-bond donors (Lipinski definition) is 0. The molecule has 19 heavy (non-hydrogen) atoms. The van der Waals surface area contributed by atoms with Crippen LogP contribution in [0.3, 0.4) is 0 Å². The quantitative estimate of drug-likeness (QED) is 0.580. The van der Waals surface area contributed by atoms with Gasteiger partial charge in [-0.1, -0.05) is 50.1 Å². The lowest BCUT2D eigenvalue weighted by molar-refractivity contribution is 0.0954. The highest BCUT2D eigenvalue weighted by molar-refractivity contribution is 6.31. The SMILES string of the molecule is COc1ccc(Cl)cc1C(=O)CC1CCCCCC1. The monoisotopic (exact) mass is 280 g/mol. The zero-order valence-corrected chi connectivity index (χ0v) is 12.2. The van der Waals surface area contributed by atoms with Gasteiger partial charge in [0.15, 0.2) is 5.78 Å². The Balaban J connectivity index is 2.08. The van der Waals surface area contributed by atoms with E-state index in [-0.39, 0.29) is 5.78 Å². The fourth-order valence-electron chi connectivity index (χ4n) is 2.84. The number of ketones is 1. The molecule has 1 aliphatic carbocycles. The van der Waals surface area contributed by atoms with Crippen molar-refractivity contribution in [3.63, 3.8) is 0 Å². The third kappa shape index (κ3) is 3.97. The van der Waals surface area contributed by atoms with Crippen LogP contribution in [0, 0.1) is 5.92 Å². The molecule has 0 atom stereocenters. The number of carbonyl (C=O) groups excluding carboxylic acids is 1. The Morgan fingerprint density at radius 1 is 1.26 bits per heavy atom. The number of carbonyl (C=O) groups is 1. The minimum absolute atomic E-state index is 0.159. The van der Waals surface area contributed by atoms with Crippen molar-refractivity contribution in [3.8, 4) is 5.75 Å². The normalized spacial score (nSPS) is 16.9. The second-order valence-corrected chi connectivity index (χ2v) is 5.77. The average Bonchev–Trinajstić information content (AvgIpc) is 2.67. The maximum absolute atomic E-state index is 12.4. The fourth-order valence-corrected chi connectivity index (χ4v) is 3.01. The van der Waals surface area contributed by atoms with Crippen molar-refractivity contribution in [3.05, 3.63) is 28.8 Å². The second-order valence-electron chi connectivity index (χ2n) is 5.33. The summed E-state index contributed by atoms with van der Waals surface area (Å²) in [5.41, 5.74) is 0.624. The number of hydrogen-bond acceptors (Lipinski definition) is 2. The van der Waals surface area contributed by atoms with E-state index in [9.17, 15) is 4.79 Å². The topological polar surface area (TPSA) is 26.3 Å². The van der Waals surface area contributed by atoms with Gasteiger partial charge < -0.3 is 4.74 Å². The first-order valence-corrected chi connectivity index (χ1v) is 7.45. The molecule has 0 N–H and O–H groups in total. The maximum atomic E-state index is 12.4. The minimum atomic E-state index is 0.159. The molecule has 104 valence electrons. The van der Waals surface area contributed by atoms with E-state index in [0.29, 0.717) is 28.7 Å². The van der Waals surface area contributed by atoms with E-state index >= 15 is 0 Å². The minimum Gasteiger partial charge on any atom is -0.496 e. The largest absolute Gasteiger partial charge is 0.496 e. The molecule has 1 aromatic carbocycles. The van der Waals surface area contributed by atoms with Crippen LogP contribution < -0.4 is 4.74 Å². The molecule has 0 aromatic heterocycles. The third-order valence-corrected chi connectivity index (χ3v) is 4.15. The first-order chi connectivity index (χ1) is 9.20. The molecule has 1 fully saturated rings. The van der Waals surface area contributed by atoms with Crippen molar-refractivity contribution < 1.29 is 9.53 Å². The predicted molar refractivity (Wildman–Crippen MR) is 78.1 cm³/mol. The van der Waals surface area contributed by atoms with Gasteiger partial charge >= 0.3 is 0 Å². The molecule has 1 aromatic rings. The van der Waals surface area contributed by atoms with Crippen LogP contribution in [0.4, 0.5) is 0 Å². The zero-order chi connectivity index (χ0) is 13.7. The molecule has 0 saturated heterocycles. The van der Waals surface area contributed by atoms with Gasteiger partial charge in [0.2, 0.25) is 0 Å². The number of rotatable bonds is 4. The summed E-state index contributed by atoms with van der Waals surface area (Å²) in [5.74, 6) is 1.31. The summed E-state index contributed by atoms with van der Waals surface area (Å²) in [6, 6.07) is 5.24. The Labute approximate surface area is 120 Å². The lowest BCUT2D eigenvalue weighted by atomic mass is 9.92. The Kier molecular flexibility index (Phi) is 5.26. The van der Waals surface area contributed by atoms with Crippen LogP contribution in [-0.2, 0) is 0 Å². The summed E-state index contributed by atoms with van der Waals surface area (Å²) in [6.45, 7) is 0. The highest BCUT2D eigenvalue weighted by Crippen LogP contribution is 2.29. The van der Waals surface area contributed by atoms with E-state index in [1.807, 2.05) is 0 Å². The molecular weight excluding hydrogens is 260 g/mol. The molecule has 0 bridgehead atoms. The maximum Gasteiger partial charge on any atom is 0.166 e. The van der Waals surface area contributed by atoms with E-state index in [1.54, 1.807) is 25.3 Å². The zero-order valence-electron chi connectivity index (χ0n) is 11.5.